The van der Waals surface area contributed by atoms with Crippen LogP contribution >= 0.6 is 0 Å². The average molecular weight is 224 g/mol. The van der Waals surface area contributed by atoms with Gasteiger partial charge in [0.25, 0.3) is 0 Å². The van der Waals surface area contributed by atoms with E-state index in [9.17, 15) is 9.90 Å². The first-order valence-corrected chi connectivity index (χ1v) is 5.46. The van der Waals surface area contributed by atoms with Crippen LogP contribution in [0.4, 0.5) is 0 Å². The third-order valence-corrected chi connectivity index (χ3v) is 2.61. The molecule has 16 heavy (non-hydrogen) atoms. The third-order valence-electron chi connectivity index (χ3n) is 2.61. The summed E-state index contributed by atoms with van der Waals surface area (Å²) in [6, 6.07) is 1.85. The van der Waals surface area contributed by atoms with Crippen LogP contribution in [0.5, 0.6) is 0 Å². The molecule has 1 aromatic rings. The van der Waals surface area contributed by atoms with Crippen molar-refractivity contribution in [3.63, 3.8) is 0 Å². The van der Waals surface area contributed by atoms with E-state index in [1.165, 1.54) is 4.68 Å². The number of rotatable bonds is 2. The molecule has 1 atom stereocenters. The van der Waals surface area contributed by atoms with Gasteiger partial charge in [0.15, 0.2) is 0 Å². The minimum absolute atomic E-state index is 0.103. The quantitative estimate of drug-likeness (QED) is 0.835. The Hall–Kier alpha value is -1.16. The second-order valence-electron chi connectivity index (χ2n) is 5.32. The smallest absolute Gasteiger partial charge is 0.249 e. The van der Waals surface area contributed by atoms with Crippen molar-refractivity contribution >= 4 is 5.91 Å². The number of hydrogen-bond donors (Lipinski definition) is 1. The maximum Gasteiger partial charge on any atom is 0.249 e. The van der Waals surface area contributed by atoms with Gasteiger partial charge in [0, 0.05) is 5.69 Å². The maximum absolute atomic E-state index is 11.9. The van der Waals surface area contributed by atoms with E-state index in [0.29, 0.717) is 0 Å². The SMILES string of the molecule is Cc1cc(C)n(C(=O)CC(O)C(C)(C)C)n1. The van der Waals surface area contributed by atoms with E-state index in [4.69, 9.17) is 0 Å². The number of carbonyl (C=O) groups is 1. The molecule has 4 heteroatoms. The molecule has 1 rings (SSSR count). The van der Waals surface area contributed by atoms with Crippen LogP contribution in [-0.4, -0.2) is 26.9 Å². The topological polar surface area (TPSA) is 55.1 Å². The van der Waals surface area contributed by atoms with Crippen LogP contribution in [0, 0.1) is 19.3 Å². The average Bonchev–Trinajstić information content (AvgIpc) is 2.43. The summed E-state index contributed by atoms with van der Waals surface area (Å²) >= 11 is 0. The van der Waals surface area contributed by atoms with Gasteiger partial charge < -0.3 is 5.11 Å². The Morgan fingerprint density at radius 3 is 2.44 bits per heavy atom. The summed E-state index contributed by atoms with van der Waals surface area (Å²) in [5.41, 5.74) is 1.34. The highest BCUT2D eigenvalue weighted by Gasteiger charge is 2.25. The molecule has 1 heterocycles. The van der Waals surface area contributed by atoms with Crippen molar-refractivity contribution in [1.82, 2.24) is 9.78 Å². The summed E-state index contributed by atoms with van der Waals surface area (Å²) in [7, 11) is 0. The molecule has 0 saturated carbocycles. The van der Waals surface area contributed by atoms with Crippen LogP contribution < -0.4 is 0 Å². The van der Waals surface area contributed by atoms with Crippen molar-refractivity contribution in [3.8, 4) is 0 Å². The summed E-state index contributed by atoms with van der Waals surface area (Å²) in [5, 5.41) is 14.0. The number of nitrogens with zero attached hydrogens (tertiary/aromatic N) is 2. The molecule has 1 unspecified atom stereocenters. The van der Waals surface area contributed by atoms with Gasteiger partial charge in [-0.15, -0.1) is 0 Å². The fourth-order valence-electron chi connectivity index (χ4n) is 1.44. The molecule has 0 amide bonds. The van der Waals surface area contributed by atoms with Crippen molar-refractivity contribution in [2.24, 2.45) is 5.41 Å². The highest BCUT2D eigenvalue weighted by molar-refractivity contribution is 5.79. The van der Waals surface area contributed by atoms with Gasteiger partial charge in [0.05, 0.1) is 18.2 Å². The highest BCUT2D eigenvalue weighted by atomic mass is 16.3. The van der Waals surface area contributed by atoms with Crippen LogP contribution in [0.25, 0.3) is 0 Å². The fraction of sp³-hybridized carbons (Fsp3) is 0.667. The number of aryl methyl sites for hydroxylation is 2. The third kappa shape index (κ3) is 2.92. The Balaban J connectivity index is 2.77. The van der Waals surface area contributed by atoms with Crippen molar-refractivity contribution in [2.75, 3.05) is 0 Å². The number of carbonyl (C=O) groups excluding carboxylic acids is 1. The second-order valence-corrected chi connectivity index (χ2v) is 5.32. The zero-order valence-electron chi connectivity index (χ0n) is 10.6. The lowest BCUT2D eigenvalue weighted by Crippen LogP contribution is -2.31. The van der Waals surface area contributed by atoms with Crippen molar-refractivity contribution in [1.29, 1.82) is 0 Å². The normalized spacial score (nSPS) is 13.9. The number of hydrogen-bond acceptors (Lipinski definition) is 3. The molecule has 1 aromatic heterocycles. The van der Waals surface area contributed by atoms with Gasteiger partial charge in [-0.05, 0) is 25.3 Å². The molecule has 0 aliphatic carbocycles. The summed E-state index contributed by atoms with van der Waals surface area (Å²) in [6.07, 6.45) is -0.547. The van der Waals surface area contributed by atoms with E-state index in [1.807, 2.05) is 40.7 Å². The summed E-state index contributed by atoms with van der Waals surface area (Å²) < 4.78 is 1.37. The second kappa shape index (κ2) is 4.37. The predicted octanol–water partition coefficient (Wildman–Crippen LogP) is 1.94. The van der Waals surface area contributed by atoms with Gasteiger partial charge in [0.2, 0.25) is 5.91 Å². The maximum atomic E-state index is 11.9. The Morgan fingerprint density at radius 1 is 1.50 bits per heavy atom. The molecule has 0 aliphatic heterocycles. The van der Waals surface area contributed by atoms with Gasteiger partial charge >= 0.3 is 0 Å². The van der Waals surface area contributed by atoms with Gasteiger partial charge in [-0.3, -0.25) is 4.79 Å². The minimum Gasteiger partial charge on any atom is -0.392 e. The lowest BCUT2D eigenvalue weighted by Gasteiger charge is -2.25. The van der Waals surface area contributed by atoms with Crippen LogP contribution in [0.1, 0.15) is 43.4 Å². The Morgan fingerprint density at radius 2 is 2.06 bits per heavy atom. The van der Waals surface area contributed by atoms with Crippen LogP contribution in [0.3, 0.4) is 0 Å². The lowest BCUT2D eigenvalue weighted by molar-refractivity contribution is 0.0439. The van der Waals surface area contributed by atoms with Crippen molar-refractivity contribution in [3.05, 3.63) is 17.5 Å². The number of aliphatic hydroxyl groups is 1. The summed E-state index contributed by atoms with van der Waals surface area (Å²) in [5.74, 6) is -0.159. The van der Waals surface area contributed by atoms with Crippen molar-refractivity contribution < 1.29 is 9.90 Å². The van der Waals surface area contributed by atoms with E-state index in [0.717, 1.165) is 11.4 Å². The largest absolute Gasteiger partial charge is 0.392 e. The molecule has 1 N–H and O–H groups in total. The number of aromatic nitrogens is 2. The molecule has 0 radical (unpaired) electrons. The van der Waals surface area contributed by atoms with E-state index in [-0.39, 0.29) is 17.7 Å². The molecule has 0 bridgehead atoms. The molecular formula is C12H20N2O2. The zero-order valence-corrected chi connectivity index (χ0v) is 10.6. The van der Waals surface area contributed by atoms with Gasteiger partial charge in [0.1, 0.15) is 0 Å². The first-order valence-electron chi connectivity index (χ1n) is 5.46. The molecule has 0 spiro atoms. The highest BCUT2D eigenvalue weighted by Crippen LogP contribution is 2.22. The number of aliphatic hydroxyl groups excluding tert-OH is 1. The molecule has 0 saturated heterocycles. The monoisotopic (exact) mass is 224 g/mol. The first kappa shape index (κ1) is 12.9. The van der Waals surface area contributed by atoms with Gasteiger partial charge in [-0.1, -0.05) is 20.8 Å². The van der Waals surface area contributed by atoms with Crippen LogP contribution in [0.2, 0.25) is 0 Å². The molecular weight excluding hydrogens is 204 g/mol. The molecule has 4 nitrogen and oxygen atoms in total. The van der Waals surface area contributed by atoms with E-state index in [1.54, 1.807) is 0 Å². The standard InChI is InChI=1S/C12H20N2O2/c1-8-6-9(2)14(13-8)11(16)7-10(15)12(3,4)5/h6,10,15H,7H2,1-5H3. The van der Waals surface area contributed by atoms with Gasteiger partial charge in [-0.2, -0.15) is 5.10 Å². The summed E-state index contributed by atoms with van der Waals surface area (Å²) in [6.45, 7) is 9.41. The first-order chi connectivity index (χ1) is 7.21. The van der Waals surface area contributed by atoms with E-state index >= 15 is 0 Å². The van der Waals surface area contributed by atoms with E-state index in [2.05, 4.69) is 5.10 Å². The van der Waals surface area contributed by atoms with E-state index < -0.39 is 6.10 Å². The lowest BCUT2D eigenvalue weighted by atomic mass is 9.87. The van der Waals surface area contributed by atoms with Gasteiger partial charge in [-0.25, -0.2) is 4.68 Å². The molecule has 0 aliphatic rings. The Kier molecular flexibility index (Phi) is 3.53. The molecule has 0 aromatic carbocycles. The Labute approximate surface area is 96.3 Å². The zero-order chi connectivity index (χ0) is 12.5. The summed E-state index contributed by atoms with van der Waals surface area (Å²) in [4.78, 5) is 11.9. The minimum atomic E-state index is -0.649. The van der Waals surface area contributed by atoms with Crippen LogP contribution in [-0.2, 0) is 0 Å². The Bertz CT molecular complexity index is 388. The van der Waals surface area contributed by atoms with Crippen molar-refractivity contribution in [2.45, 2.75) is 47.1 Å². The van der Waals surface area contributed by atoms with Crippen LogP contribution in [0.15, 0.2) is 6.07 Å². The molecule has 90 valence electrons. The molecule has 0 fully saturated rings. The fourth-order valence-corrected chi connectivity index (χ4v) is 1.44. The predicted molar refractivity (Wildman–Crippen MR) is 62.4 cm³/mol.